The van der Waals surface area contributed by atoms with E-state index in [1.54, 1.807) is 13.2 Å². The lowest BCUT2D eigenvalue weighted by molar-refractivity contribution is 0.103. The number of imidazole rings is 1. The van der Waals surface area contributed by atoms with Crippen molar-refractivity contribution in [2.75, 3.05) is 39.9 Å². The lowest BCUT2D eigenvalue weighted by Gasteiger charge is -2.34. The molecule has 4 rings (SSSR count). The predicted octanol–water partition coefficient (Wildman–Crippen LogP) is 3.46. The molecule has 0 unspecified atom stereocenters. The molecule has 1 aliphatic heterocycles. The van der Waals surface area contributed by atoms with Crippen LogP contribution in [0, 0.1) is 11.7 Å². The summed E-state index contributed by atoms with van der Waals surface area (Å²) in [5.41, 5.74) is 2.80. The van der Waals surface area contributed by atoms with Gasteiger partial charge in [0.2, 0.25) is 0 Å². The Hall–Kier alpha value is -2.35. The summed E-state index contributed by atoms with van der Waals surface area (Å²) >= 11 is 0. The number of hydrogen-bond acceptors (Lipinski definition) is 5. The molecule has 0 atom stereocenters. The van der Waals surface area contributed by atoms with Gasteiger partial charge in [0.25, 0.3) is 0 Å². The van der Waals surface area contributed by atoms with Crippen LogP contribution in [-0.4, -0.2) is 64.6 Å². The summed E-state index contributed by atoms with van der Waals surface area (Å²) in [7, 11) is 1.76. The molecule has 0 aliphatic carbocycles. The van der Waals surface area contributed by atoms with Crippen LogP contribution >= 0.6 is 0 Å². The van der Waals surface area contributed by atoms with Gasteiger partial charge in [-0.15, -0.1) is 0 Å². The molecule has 0 radical (unpaired) electrons. The Morgan fingerprint density at radius 2 is 1.97 bits per heavy atom. The third-order valence-electron chi connectivity index (χ3n) is 5.86. The van der Waals surface area contributed by atoms with E-state index in [2.05, 4.69) is 36.9 Å². The van der Waals surface area contributed by atoms with Crippen molar-refractivity contribution in [2.45, 2.75) is 25.9 Å². The first-order valence-corrected chi connectivity index (χ1v) is 10.7. The van der Waals surface area contributed by atoms with E-state index in [9.17, 15) is 4.39 Å². The highest BCUT2D eigenvalue weighted by atomic mass is 19.1. The number of nitrogens with one attached hydrogen (secondary N) is 1. The lowest BCUT2D eigenvalue weighted by Crippen LogP contribution is -2.39. The Kier molecular flexibility index (Phi) is 7.04. The average Bonchev–Trinajstić information content (AvgIpc) is 3.15. The highest BCUT2D eigenvalue weighted by Gasteiger charge is 2.22. The number of H-pyrrole nitrogens is 1. The number of nitrogens with zero attached hydrogens (tertiary/aromatic N) is 4. The monoisotopic (exact) mass is 411 g/mol. The van der Waals surface area contributed by atoms with Crippen molar-refractivity contribution in [1.29, 1.82) is 0 Å². The van der Waals surface area contributed by atoms with Crippen LogP contribution < -0.4 is 0 Å². The summed E-state index contributed by atoms with van der Waals surface area (Å²) in [6.45, 7) is 6.64. The Morgan fingerprint density at radius 3 is 2.73 bits per heavy atom. The molecular weight excluding hydrogens is 381 g/mol. The van der Waals surface area contributed by atoms with E-state index in [0.717, 1.165) is 56.2 Å². The average molecular weight is 412 g/mol. The molecule has 1 fully saturated rings. The standard InChI is InChI=1S/C23H30FN5O/c1-30-13-12-28-10-6-19(7-11-28)16-29(15-18-4-8-25-9-5-18)17-23-26-21-3-2-20(24)14-22(21)27-23/h2-5,8-9,14,19H,6-7,10-13,15-17H2,1H3,(H,26,27). The molecule has 6 nitrogen and oxygen atoms in total. The number of fused-ring (bicyclic) bond motifs is 1. The number of aromatic amines is 1. The second kappa shape index (κ2) is 10.1. The second-order valence-corrected chi connectivity index (χ2v) is 8.15. The number of halogens is 1. The molecule has 30 heavy (non-hydrogen) atoms. The molecule has 0 amide bonds. The van der Waals surface area contributed by atoms with Gasteiger partial charge in [-0.25, -0.2) is 9.37 Å². The fraction of sp³-hybridized carbons (Fsp3) is 0.478. The van der Waals surface area contributed by atoms with Gasteiger partial charge in [0.05, 0.1) is 24.2 Å². The van der Waals surface area contributed by atoms with E-state index >= 15 is 0 Å². The number of pyridine rings is 1. The minimum Gasteiger partial charge on any atom is -0.383 e. The minimum atomic E-state index is -0.244. The van der Waals surface area contributed by atoms with Crippen LogP contribution in [0.1, 0.15) is 24.2 Å². The molecule has 1 saturated heterocycles. The van der Waals surface area contributed by atoms with Crippen LogP contribution in [0.5, 0.6) is 0 Å². The van der Waals surface area contributed by atoms with Gasteiger partial charge in [-0.3, -0.25) is 9.88 Å². The van der Waals surface area contributed by atoms with E-state index in [4.69, 9.17) is 4.74 Å². The van der Waals surface area contributed by atoms with Crippen LogP contribution in [0.4, 0.5) is 4.39 Å². The summed E-state index contributed by atoms with van der Waals surface area (Å²) in [6, 6.07) is 8.82. The van der Waals surface area contributed by atoms with E-state index in [-0.39, 0.29) is 5.82 Å². The van der Waals surface area contributed by atoms with Gasteiger partial charge in [0, 0.05) is 39.1 Å². The molecule has 1 aromatic carbocycles. The third-order valence-corrected chi connectivity index (χ3v) is 5.86. The zero-order valence-corrected chi connectivity index (χ0v) is 17.6. The summed E-state index contributed by atoms with van der Waals surface area (Å²) in [4.78, 5) is 17.0. The van der Waals surface area contributed by atoms with Gasteiger partial charge in [-0.05, 0) is 67.7 Å². The van der Waals surface area contributed by atoms with Gasteiger partial charge in [0.1, 0.15) is 11.6 Å². The van der Waals surface area contributed by atoms with Gasteiger partial charge in [-0.2, -0.15) is 0 Å². The van der Waals surface area contributed by atoms with E-state index in [1.165, 1.54) is 30.5 Å². The van der Waals surface area contributed by atoms with Crippen molar-refractivity contribution in [3.05, 3.63) is 59.9 Å². The molecular formula is C23H30FN5O. The zero-order valence-electron chi connectivity index (χ0n) is 17.6. The number of ether oxygens (including phenoxy) is 1. The van der Waals surface area contributed by atoms with Gasteiger partial charge in [-0.1, -0.05) is 0 Å². The quantitative estimate of drug-likeness (QED) is 0.584. The normalized spacial score (nSPS) is 16.0. The van der Waals surface area contributed by atoms with Crippen LogP contribution in [-0.2, 0) is 17.8 Å². The highest BCUT2D eigenvalue weighted by Crippen LogP contribution is 2.21. The fourth-order valence-electron chi connectivity index (χ4n) is 4.23. The number of aromatic nitrogens is 3. The summed E-state index contributed by atoms with van der Waals surface area (Å²) in [5.74, 6) is 1.29. The van der Waals surface area contributed by atoms with Crippen LogP contribution in [0.25, 0.3) is 11.0 Å². The molecule has 3 aromatic rings. The molecule has 3 heterocycles. The summed E-state index contributed by atoms with van der Waals surface area (Å²) in [5, 5.41) is 0. The molecule has 1 aliphatic rings. The number of methoxy groups -OCH3 is 1. The first-order chi connectivity index (χ1) is 14.7. The van der Waals surface area contributed by atoms with Crippen molar-refractivity contribution in [3.8, 4) is 0 Å². The van der Waals surface area contributed by atoms with Crippen LogP contribution in [0.2, 0.25) is 0 Å². The molecule has 7 heteroatoms. The SMILES string of the molecule is COCCN1CCC(CN(Cc2ccncc2)Cc2nc3ccc(F)cc3[nH]2)CC1. The summed E-state index contributed by atoms with van der Waals surface area (Å²) < 4.78 is 18.8. The van der Waals surface area contributed by atoms with Crippen molar-refractivity contribution in [2.24, 2.45) is 5.92 Å². The maximum atomic E-state index is 13.5. The van der Waals surface area contributed by atoms with E-state index in [1.807, 2.05) is 12.4 Å². The van der Waals surface area contributed by atoms with Gasteiger partial charge in [0.15, 0.2) is 0 Å². The molecule has 0 saturated carbocycles. The molecule has 2 aromatic heterocycles. The number of benzene rings is 1. The number of likely N-dealkylation sites (tertiary alicyclic amines) is 1. The number of piperidine rings is 1. The topological polar surface area (TPSA) is 57.3 Å². The number of rotatable bonds is 9. The minimum absolute atomic E-state index is 0.244. The Bertz CT molecular complexity index is 924. The van der Waals surface area contributed by atoms with Gasteiger partial charge < -0.3 is 14.6 Å². The highest BCUT2D eigenvalue weighted by molar-refractivity contribution is 5.74. The lowest BCUT2D eigenvalue weighted by atomic mass is 9.96. The van der Waals surface area contributed by atoms with E-state index in [0.29, 0.717) is 12.5 Å². The smallest absolute Gasteiger partial charge is 0.125 e. The Balaban J connectivity index is 1.42. The first-order valence-electron chi connectivity index (χ1n) is 10.7. The predicted molar refractivity (Wildman–Crippen MR) is 115 cm³/mol. The second-order valence-electron chi connectivity index (χ2n) is 8.15. The zero-order chi connectivity index (χ0) is 20.8. The van der Waals surface area contributed by atoms with Crippen LogP contribution in [0.3, 0.4) is 0 Å². The van der Waals surface area contributed by atoms with Crippen LogP contribution in [0.15, 0.2) is 42.7 Å². The summed E-state index contributed by atoms with van der Waals surface area (Å²) in [6.07, 6.45) is 6.07. The fourth-order valence-corrected chi connectivity index (χ4v) is 4.23. The third kappa shape index (κ3) is 5.62. The molecule has 160 valence electrons. The molecule has 1 N–H and O–H groups in total. The van der Waals surface area contributed by atoms with Crippen molar-refractivity contribution >= 4 is 11.0 Å². The molecule has 0 bridgehead atoms. The first kappa shape index (κ1) is 20.9. The maximum Gasteiger partial charge on any atom is 0.125 e. The van der Waals surface area contributed by atoms with Crippen molar-refractivity contribution in [3.63, 3.8) is 0 Å². The van der Waals surface area contributed by atoms with Crippen molar-refractivity contribution < 1.29 is 9.13 Å². The van der Waals surface area contributed by atoms with Crippen molar-refractivity contribution in [1.82, 2.24) is 24.8 Å². The molecule has 0 spiro atoms. The largest absolute Gasteiger partial charge is 0.383 e. The number of hydrogen-bond donors (Lipinski definition) is 1. The Morgan fingerprint density at radius 1 is 1.17 bits per heavy atom. The van der Waals surface area contributed by atoms with E-state index < -0.39 is 0 Å². The maximum absolute atomic E-state index is 13.5. The van der Waals surface area contributed by atoms with Gasteiger partial charge >= 0.3 is 0 Å². The Labute approximate surface area is 177 Å².